The van der Waals surface area contributed by atoms with E-state index in [-0.39, 0.29) is 0 Å². The lowest BCUT2D eigenvalue weighted by molar-refractivity contribution is 0.132. The van der Waals surface area contributed by atoms with Crippen molar-refractivity contribution in [3.63, 3.8) is 0 Å². The minimum atomic E-state index is 0.354. The van der Waals surface area contributed by atoms with E-state index in [9.17, 15) is 0 Å². The van der Waals surface area contributed by atoms with Crippen molar-refractivity contribution in [1.82, 2.24) is 19.9 Å². The maximum Gasteiger partial charge on any atom is 0.100 e. The van der Waals surface area contributed by atoms with E-state index in [0.717, 1.165) is 25.3 Å². The van der Waals surface area contributed by atoms with Crippen molar-refractivity contribution >= 4 is 11.3 Å². The lowest BCUT2D eigenvalue weighted by atomic mass is 9.98. The van der Waals surface area contributed by atoms with Crippen LogP contribution >= 0.6 is 11.3 Å². The number of methoxy groups -OCH3 is 1. The predicted octanol–water partition coefficient (Wildman–Crippen LogP) is 1.62. The van der Waals surface area contributed by atoms with Gasteiger partial charge in [-0.1, -0.05) is 5.21 Å². The number of nitrogens with zero attached hydrogens (tertiary/aromatic N) is 4. The highest BCUT2D eigenvalue weighted by Crippen LogP contribution is 2.27. The van der Waals surface area contributed by atoms with Gasteiger partial charge in [0.15, 0.2) is 0 Å². The van der Waals surface area contributed by atoms with E-state index in [1.807, 2.05) is 11.7 Å². The van der Waals surface area contributed by atoms with Gasteiger partial charge < -0.3 is 4.74 Å². The highest BCUT2D eigenvalue weighted by molar-refractivity contribution is 7.07. The molecule has 0 bridgehead atoms. The van der Waals surface area contributed by atoms with Crippen LogP contribution in [0, 0.1) is 0 Å². The van der Waals surface area contributed by atoms with Gasteiger partial charge in [0.1, 0.15) is 5.69 Å². The van der Waals surface area contributed by atoms with Gasteiger partial charge in [-0.25, -0.2) is 0 Å². The van der Waals surface area contributed by atoms with Crippen molar-refractivity contribution in [2.45, 2.75) is 19.0 Å². The van der Waals surface area contributed by atoms with Gasteiger partial charge in [-0.3, -0.25) is 9.58 Å². The molecule has 0 amide bonds. The van der Waals surface area contributed by atoms with Crippen LogP contribution in [0.1, 0.15) is 22.9 Å². The summed E-state index contributed by atoms with van der Waals surface area (Å²) >= 11 is 1.75. The Balaban J connectivity index is 1.80. The lowest BCUT2D eigenvalue weighted by Crippen LogP contribution is -2.35. The summed E-state index contributed by atoms with van der Waals surface area (Å²) in [5, 5.41) is 12.8. The van der Waals surface area contributed by atoms with Crippen LogP contribution in [0.5, 0.6) is 0 Å². The topological polar surface area (TPSA) is 43.2 Å². The molecule has 2 aromatic rings. The number of aryl methyl sites for hydroxylation is 1. The summed E-state index contributed by atoms with van der Waals surface area (Å²) in [5.74, 6) is 0.354. The van der Waals surface area contributed by atoms with Crippen LogP contribution in [0.3, 0.4) is 0 Å². The first-order valence-electron chi connectivity index (χ1n) is 6.38. The van der Waals surface area contributed by atoms with Gasteiger partial charge in [0, 0.05) is 39.7 Å². The van der Waals surface area contributed by atoms with Gasteiger partial charge in [-0.15, -0.1) is 5.10 Å². The monoisotopic (exact) mass is 278 g/mol. The van der Waals surface area contributed by atoms with Crippen LogP contribution in [0.25, 0.3) is 0 Å². The largest absolute Gasteiger partial charge is 0.384 e. The van der Waals surface area contributed by atoms with Crippen molar-refractivity contribution in [3.05, 3.63) is 33.8 Å². The van der Waals surface area contributed by atoms with Gasteiger partial charge in [0.2, 0.25) is 0 Å². The second-order valence-corrected chi connectivity index (χ2v) is 5.78. The minimum Gasteiger partial charge on any atom is -0.384 e. The Bertz CT molecular complexity index is 537. The van der Waals surface area contributed by atoms with Crippen molar-refractivity contribution in [3.8, 4) is 0 Å². The molecule has 19 heavy (non-hydrogen) atoms. The molecule has 0 spiro atoms. The molecule has 0 unspecified atom stereocenters. The van der Waals surface area contributed by atoms with Crippen molar-refractivity contribution in [2.75, 3.05) is 20.3 Å². The number of rotatable bonds is 4. The first kappa shape index (κ1) is 12.8. The molecule has 3 heterocycles. The molecule has 0 radical (unpaired) electrons. The number of hydrogen-bond acceptors (Lipinski definition) is 5. The van der Waals surface area contributed by atoms with Crippen LogP contribution in [-0.4, -0.2) is 40.2 Å². The number of thiophene rings is 1. The van der Waals surface area contributed by atoms with Gasteiger partial charge in [0.25, 0.3) is 0 Å². The molecular weight excluding hydrogens is 260 g/mol. The Kier molecular flexibility index (Phi) is 3.63. The lowest BCUT2D eigenvalue weighted by Gasteiger charge is -2.31. The molecule has 0 saturated carbocycles. The van der Waals surface area contributed by atoms with Gasteiger partial charge in [-0.05, 0) is 22.4 Å². The Morgan fingerprint density at radius 1 is 1.53 bits per heavy atom. The maximum absolute atomic E-state index is 5.35. The van der Waals surface area contributed by atoms with E-state index in [1.165, 1.54) is 11.3 Å². The van der Waals surface area contributed by atoms with Crippen molar-refractivity contribution < 1.29 is 4.74 Å². The molecule has 2 aromatic heterocycles. The second kappa shape index (κ2) is 5.40. The predicted molar refractivity (Wildman–Crippen MR) is 74.1 cm³/mol. The van der Waals surface area contributed by atoms with E-state index in [4.69, 9.17) is 4.74 Å². The minimum absolute atomic E-state index is 0.354. The second-order valence-electron chi connectivity index (χ2n) is 5.00. The van der Waals surface area contributed by atoms with E-state index >= 15 is 0 Å². The molecule has 3 rings (SSSR count). The summed E-state index contributed by atoms with van der Waals surface area (Å²) in [4.78, 5) is 2.42. The Labute approximate surface area is 116 Å². The highest BCUT2D eigenvalue weighted by atomic mass is 32.1. The summed E-state index contributed by atoms with van der Waals surface area (Å²) in [6.07, 6.45) is 0. The van der Waals surface area contributed by atoms with Crippen LogP contribution in [0.15, 0.2) is 16.8 Å². The fraction of sp³-hybridized carbons (Fsp3) is 0.538. The third kappa shape index (κ3) is 2.56. The third-order valence-electron chi connectivity index (χ3n) is 3.54. The number of ether oxygens (including phenoxy) is 1. The number of aromatic nitrogens is 3. The SMILES string of the molecule is COC[C@H]1CN(Cc2ccsc2)Cc2nnn(C)c21. The highest BCUT2D eigenvalue weighted by Gasteiger charge is 2.29. The van der Waals surface area contributed by atoms with E-state index in [1.54, 1.807) is 18.4 Å². The number of fused-ring (bicyclic) bond motifs is 1. The molecule has 0 saturated heterocycles. The molecule has 0 fully saturated rings. The molecule has 0 aromatic carbocycles. The molecule has 102 valence electrons. The van der Waals surface area contributed by atoms with Gasteiger partial charge in [0.05, 0.1) is 12.3 Å². The van der Waals surface area contributed by atoms with Crippen LogP contribution < -0.4 is 0 Å². The summed E-state index contributed by atoms with van der Waals surface area (Å²) in [6, 6.07) is 2.18. The average Bonchev–Trinajstić information content (AvgIpc) is 3.00. The van der Waals surface area contributed by atoms with Crippen LogP contribution in [0.4, 0.5) is 0 Å². The quantitative estimate of drug-likeness (QED) is 0.852. The molecule has 0 aliphatic carbocycles. The Hall–Kier alpha value is -1.24. The van der Waals surface area contributed by atoms with Gasteiger partial charge >= 0.3 is 0 Å². The third-order valence-corrected chi connectivity index (χ3v) is 4.27. The molecule has 5 nitrogen and oxygen atoms in total. The molecular formula is C13H18N4OS. The van der Waals surface area contributed by atoms with E-state index in [2.05, 4.69) is 32.0 Å². The summed E-state index contributed by atoms with van der Waals surface area (Å²) in [6.45, 7) is 3.56. The van der Waals surface area contributed by atoms with E-state index < -0.39 is 0 Å². The zero-order valence-corrected chi connectivity index (χ0v) is 12.1. The normalized spacial score (nSPS) is 19.6. The van der Waals surface area contributed by atoms with Crippen molar-refractivity contribution in [2.24, 2.45) is 7.05 Å². The van der Waals surface area contributed by atoms with Crippen LogP contribution in [0.2, 0.25) is 0 Å². The summed E-state index contributed by atoms with van der Waals surface area (Å²) < 4.78 is 7.24. The van der Waals surface area contributed by atoms with E-state index in [0.29, 0.717) is 12.5 Å². The number of hydrogen-bond donors (Lipinski definition) is 0. The zero-order chi connectivity index (χ0) is 13.2. The summed E-state index contributed by atoms with van der Waals surface area (Å²) in [7, 11) is 3.71. The fourth-order valence-corrected chi connectivity index (χ4v) is 3.45. The standard InChI is InChI=1S/C13H18N4OS/c1-16-13-11(8-18-2)6-17(7-12(13)14-15-16)5-10-3-4-19-9-10/h3-4,9,11H,5-8H2,1-2H3/t11-/m1/s1. The van der Waals surface area contributed by atoms with Crippen molar-refractivity contribution in [1.29, 1.82) is 0 Å². The average molecular weight is 278 g/mol. The molecule has 1 aliphatic heterocycles. The first-order valence-corrected chi connectivity index (χ1v) is 7.33. The van der Waals surface area contributed by atoms with Crippen LogP contribution in [-0.2, 0) is 24.9 Å². The molecule has 1 atom stereocenters. The zero-order valence-electron chi connectivity index (χ0n) is 11.2. The molecule has 0 N–H and O–H groups in total. The maximum atomic E-state index is 5.35. The van der Waals surface area contributed by atoms with Gasteiger partial charge in [-0.2, -0.15) is 11.3 Å². The smallest absolute Gasteiger partial charge is 0.100 e. The Morgan fingerprint density at radius 2 is 2.42 bits per heavy atom. The Morgan fingerprint density at radius 3 is 3.16 bits per heavy atom. The molecule has 1 aliphatic rings. The fourth-order valence-electron chi connectivity index (χ4n) is 2.79. The first-order chi connectivity index (χ1) is 9.28. The summed E-state index contributed by atoms with van der Waals surface area (Å²) in [5.41, 5.74) is 3.68. The molecule has 6 heteroatoms.